The van der Waals surface area contributed by atoms with Gasteiger partial charge in [0.05, 0.1) is 18.3 Å². The fourth-order valence-corrected chi connectivity index (χ4v) is 1.16. The molecule has 16 heavy (non-hydrogen) atoms. The average Bonchev–Trinajstić information content (AvgIpc) is 2.80. The molecule has 0 aliphatic heterocycles. The Hall–Kier alpha value is -1.93. The van der Waals surface area contributed by atoms with Crippen LogP contribution < -0.4 is 0 Å². The van der Waals surface area contributed by atoms with Crippen molar-refractivity contribution in [3.05, 3.63) is 35.6 Å². The van der Waals surface area contributed by atoms with Gasteiger partial charge in [0.25, 0.3) is 0 Å². The van der Waals surface area contributed by atoms with Gasteiger partial charge in [-0.1, -0.05) is 17.1 Å². The van der Waals surface area contributed by atoms with Crippen LogP contribution in [0.3, 0.4) is 0 Å². The molecule has 0 atom stereocenters. The number of aryl methyl sites for hydroxylation is 1. The quantitative estimate of drug-likeness (QED) is 0.577. The molecule has 0 aromatic carbocycles. The summed E-state index contributed by atoms with van der Waals surface area (Å²) in [6.45, 7) is 0.724. The smallest absolute Gasteiger partial charge is 0.222 e. The van der Waals surface area contributed by atoms with Crippen molar-refractivity contribution in [3.8, 4) is 11.8 Å². The number of nitrogens with zero attached hydrogens (tertiary/aromatic N) is 5. The number of aromatic nitrogens is 5. The highest BCUT2D eigenvalue weighted by molar-refractivity contribution is 6.28. The van der Waals surface area contributed by atoms with Crippen LogP contribution in [-0.2, 0) is 6.54 Å². The van der Waals surface area contributed by atoms with E-state index in [1.54, 1.807) is 29.5 Å². The fourth-order valence-electron chi connectivity index (χ4n) is 1.06. The largest absolute Gasteiger partial charge is 0.252 e. The van der Waals surface area contributed by atoms with Gasteiger partial charge in [-0.2, -0.15) is 0 Å². The van der Waals surface area contributed by atoms with Gasteiger partial charge in [0, 0.05) is 25.0 Å². The van der Waals surface area contributed by atoms with Gasteiger partial charge < -0.3 is 0 Å². The summed E-state index contributed by atoms with van der Waals surface area (Å²) >= 11 is 5.55. The van der Waals surface area contributed by atoms with Crippen LogP contribution in [0, 0.1) is 11.8 Å². The van der Waals surface area contributed by atoms with Crippen LogP contribution in [0.1, 0.15) is 12.0 Å². The Kier molecular flexibility index (Phi) is 3.46. The standard InChI is InChI=1S/C10H8ClN5/c11-10-12-7-9(8-13-10)3-1-2-5-16-6-4-14-15-16/h4,6-8H,2,5H2. The summed E-state index contributed by atoms with van der Waals surface area (Å²) in [5.41, 5.74) is 0.753. The third-order valence-electron chi connectivity index (χ3n) is 1.79. The van der Waals surface area contributed by atoms with Gasteiger partial charge in [-0.15, -0.1) is 5.10 Å². The topological polar surface area (TPSA) is 56.5 Å². The van der Waals surface area contributed by atoms with Gasteiger partial charge in [-0.25, -0.2) is 9.97 Å². The minimum atomic E-state index is 0.230. The molecular formula is C10H8ClN5. The van der Waals surface area contributed by atoms with E-state index < -0.39 is 0 Å². The molecule has 2 rings (SSSR count). The van der Waals surface area contributed by atoms with Crippen LogP contribution >= 0.6 is 11.6 Å². The summed E-state index contributed by atoms with van der Waals surface area (Å²) in [6.07, 6.45) is 7.33. The molecule has 0 N–H and O–H groups in total. The summed E-state index contributed by atoms with van der Waals surface area (Å²) in [6, 6.07) is 0. The Labute approximate surface area is 97.5 Å². The lowest BCUT2D eigenvalue weighted by Crippen LogP contribution is -1.97. The first kappa shape index (κ1) is 10.6. The van der Waals surface area contributed by atoms with Crippen LogP contribution in [0.15, 0.2) is 24.8 Å². The zero-order valence-electron chi connectivity index (χ0n) is 8.34. The van der Waals surface area contributed by atoms with Crippen molar-refractivity contribution in [1.29, 1.82) is 0 Å². The van der Waals surface area contributed by atoms with E-state index in [4.69, 9.17) is 11.6 Å². The van der Waals surface area contributed by atoms with E-state index in [-0.39, 0.29) is 5.28 Å². The lowest BCUT2D eigenvalue weighted by molar-refractivity contribution is 0.602. The van der Waals surface area contributed by atoms with Crippen LogP contribution in [0.5, 0.6) is 0 Å². The average molecular weight is 234 g/mol. The molecule has 6 heteroatoms. The SMILES string of the molecule is Clc1ncc(C#CCCn2ccnn2)cn1. The molecule has 2 heterocycles. The van der Waals surface area contributed by atoms with E-state index in [9.17, 15) is 0 Å². The summed E-state index contributed by atoms with van der Waals surface area (Å²) in [7, 11) is 0. The summed E-state index contributed by atoms with van der Waals surface area (Å²) < 4.78 is 1.73. The third-order valence-corrected chi connectivity index (χ3v) is 1.99. The number of rotatable bonds is 2. The van der Waals surface area contributed by atoms with Crippen molar-refractivity contribution in [2.75, 3.05) is 0 Å². The Morgan fingerprint density at radius 3 is 2.81 bits per heavy atom. The molecule has 0 spiro atoms. The number of halogens is 1. The minimum absolute atomic E-state index is 0.230. The second kappa shape index (κ2) is 5.24. The van der Waals surface area contributed by atoms with Gasteiger partial charge in [0.15, 0.2) is 0 Å². The fraction of sp³-hybridized carbons (Fsp3) is 0.200. The minimum Gasteiger partial charge on any atom is -0.252 e. The highest BCUT2D eigenvalue weighted by Crippen LogP contribution is 1.98. The van der Waals surface area contributed by atoms with E-state index in [2.05, 4.69) is 32.1 Å². The van der Waals surface area contributed by atoms with Crippen molar-refractivity contribution in [2.24, 2.45) is 0 Å². The lowest BCUT2D eigenvalue weighted by atomic mass is 10.3. The Balaban J connectivity index is 1.88. The van der Waals surface area contributed by atoms with Crippen LogP contribution in [-0.4, -0.2) is 25.0 Å². The molecule has 0 unspecified atom stereocenters. The van der Waals surface area contributed by atoms with Crippen molar-refractivity contribution >= 4 is 11.6 Å². The Bertz CT molecular complexity index is 494. The highest BCUT2D eigenvalue weighted by atomic mass is 35.5. The van der Waals surface area contributed by atoms with Gasteiger partial charge in [-0.3, -0.25) is 4.68 Å². The molecule has 0 fully saturated rings. The molecule has 0 amide bonds. The van der Waals surface area contributed by atoms with Crippen LogP contribution in [0.25, 0.3) is 0 Å². The molecule has 0 aliphatic rings. The molecule has 0 saturated carbocycles. The molecule has 5 nitrogen and oxygen atoms in total. The molecule has 0 saturated heterocycles. The van der Waals surface area contributed by atoms with E-state index in [1.165, 1.54) is 0 Å². The van der Waals surface area contributed by atoms with Gasteiger partial charge in [-0.05, 0) is 11.6 Å². The third kappa shape index (κ3) is 3.04. The maximum atomic E-state index is 5.55. The first-order valence-electron chi connectivity index (χ1n) is 4.65. The van der Waals surface area contributed by atoms with E-state index >= 15 is 0 Å². The first-order valence-corrected chi connectivity index (χ1v) is 5.03. The molecule has 0 aliphatic carbocycles. The normalized spacial score (nSPS) is 9.56. The van der Waals surface area contributed by atoms with Crippen molar-refractivity contribution in [2.45, 2.75) is 13.0 Å². The van der Waals surface area contributed by atoms with Gasteiger partial charge >= 0.3 is 0 Å². The molecule has 2 aromatic heterocycles. The highest BCUT2D eigenvalue weighted by Gasteiger charge is 1.90. The Morgan fingerprint density at radius 2 is 2.12 bits per heavy atom. The maximum absolute atomic E-state index is 5.55. The van der Waals surface area contributed by atoms with Crippen molar-refractivity contribution < 1.29 is 0 Å². The van der Waals surface area contributed by atoms with Crippen LogP contribution in [0.2, 0.25) is 5.28 Å². The summed E-state index contributed by atoms with van der Waals surface area (Å²) in [5.74, 6) is 5.94. The molecule has 2 aromatic rings. The van der Waals surface area contributed by atoms with E-state index in [0.29, 0.717) is 6.42 Å². The molecule has 0 bridgehead atoms. The molecule has 80 valence electrons. The van der Waals surface area contributed by atoms with Crippen molar-refractivity contribution in [1.82, 2.24) is 25.0 Å². The molecular weight excluding hydrogens is 226 g/mol. The predicted molar refractivity (Wildman–Crippen MR) is 58.6 cm³/mol. The zero-order chi connectivity index (χ0) is 11.2. The molecule has 0 radical (unpaired) electrons. The van der Waals surface area contributed by atoms with Gasteiger partial charge in [0.2, 0.25) is 5.28 Å². The number of hydrogen-bond acceptors (Lipinski definition) is 4. The Morgan fingerprint density at radius 1 is 1.31 bits per heavy atom. The van der Waals surface area contributed by atoms with E-state index in [1.807, 2.05) is 0 Å². The predicted octanol–water partition coefficient (Wildman–Crippen LogP) is 1.16. The zero-order valence-corrected chi connectivity index (χ0v) is 9.09. The summed E-state index contributed by atoms with van der Waals surface area (Å²) in [5, 5.41) is 7.76. The monoisotopic (exact) mass is 233 g/mol. The van der Waals surface area contributed by atoms with Crippen molar-refractivity contribution in [3.63, 3.8) is 0 Å². The van der Waals surface area contributed by atoms with E-state index in [0.717, 1.165) is 12.1 Å². The van der Waals surface area contributed by atoms with Crippen LogP contribution in [0.4, 0.5) is 0 Å². The summed E-state index contributed by atoms with van der Waals surface area (Å²) in [4.78, 5) is 7.66. The second-order valence-corrected chi connectivity index (χ2v) is 3.30. The maximum Gasteiger partial charge on any atom is 0.222 e. The lowest BCUT2D eigenvalue weighted by Gasteiger charge is -1.92. The first-order chi connectivity index (χ1) is 7.84. The van der Waals surface area contributed by atoms with Gasteiger partial charge in [0.1, 0.15) is 0 Å². The number of hydrogen-bond donors (Lipinski definition) is 0. The second-order valence-electron chi connectivity index (χ2n) is 2.96.